The predicted molar refractivity (Wildman–Crippen MR) is 52.9 cm³/mol. The number of hydrogen-bond donors (Lipinski definition) is 3. The van der Waals surface area contributed by atoms with Crippen molar-refractivity contribution in [1.82, 2.24) is 5.32 Å². The largest absolute Gasteiger partial charge is 0.389 e. The van der Waals surface area contributed by atoms with Crippen LogP contribution in [0.1, 0.15) is 19.8 Å². The van der Waals surface area contributed by atoms with Gasteiger partial charge in [-0.3, -0.25) is 9.59 Å². The summed E-state index contributed by atoms with van der Waals surface area (Å²) in [5.41, 5.74) is 5.47. The van der Waals surface area contributed by atoms with Gasteiger partial charge in [0, 0.05) is 0 Å². The number of Topliss-reactive ketones (excluding diaryl/α,β-unsaturated/α-hetero) is 2. The van der Waals surface area contributed by atoms with Crippen LogP contribution in [-0.4, -0.2) is 42.4 Å². The fourth-order valence-electron chi connectivity index (χ4n) is 0.990. The molecule has 0 aliphatic heterocycles. The Bertz CT molecular complexity index is 194. The number of nitrogens with two attached hydrogens (primary N) is 1. The zero-order chi connectivity index (χ0) is 11.0. The average molecular weight is 202 g/mol. The van der Waals surface area contributed by atoms with Gasteiger partial charge in [-0.1, -0.05) is 0 Å². The number of rotatable bonds is 8. The Kier molecular flexibility index (Phi) is 7.18. The van der Waals surface area contributed by atoms with Crippen LogP contribution >= 0.6 is 0 Å². The number of hydrogen-bond acceptors (Lipinski definition) is 5. The lowest BCUT2D eigenvalue weighted by molar-refractivity contribution is -0.123. The van der Waals surface area contributed by atoms with E-state index in [1.807, 2.05) is 0 Å². The Balaban J connectivity index is 3.36. The maximum atomic E-state index is 10.8. The highest BCUT2D eigenvalue weighted by atomic mass is 16.3. The van der Waals surface area contributed by atoms with E-state index in [0.29, 0.717) is 19.5 Å². The predicted octanol–water partition coefficient (Wildman–Crippen LogP) is -1.17. The molecule has 0 aliphatic carbocycles. The lowest BCUT2D eigenvalue weighted by Gasteiger charge is -2.08. The summed E-state index contributed by atoms with van der Waals surface area (Å²) in [6, 6.07) is -0.584. The zero-order valence-electron chi connectivity index (χ0n) is 8.45. The molecule has 5 nitrogen and oxygen atoms in total. The highest BCUT2D eigenvalue weighted by molar-refractivity contribution is 5.84. The molecule has 14 heavy (non-hydrogen) atoms. The fraction of sp³-hybridized carbons (Fsp3) is 0.778. The summed E-state index contributed by atoms with van der Waals surface area (Å²) in [5, 5.41) is 11.4. The molecule has 0 rings (SSSR count). The third-order valence-corrected chi connectivity index (χ3v) is 1.81. The van der Waals surface area contributed by atoms with Crippen LogP contribution in [0.25, 0.3) is 0 Å². The minimum atomic E-state index is -0.584. The molecule has 0 aromatic carbocycles. The van der Waals surface area contributed by atoms with Gasteiger partial charge in [0.15, 0.2) is 5.78 Å². The molecular formula is C9H18N2O3. The van der Waals surface area contributed by atoms with Crippen LogP contribution in [0, 0.1) is 0 Å². The summed E-state index contributed by atoms with van der Waals surface area (Å²) in [6.07, 6.45) is 1.25. The normalized spacial score (nSPS) is 12.5. The maximum absolute atomic E-state index is 10.8. The van der Waals surface area contributed by atoms with E-state index in [-0.39, 0.29) is 11.6 Å². The van der Waals surface area contributed by atoms with Crippen LogP contribution < -0.4 is 11.1 Å². The average Bonchev–Trinajstić information content (AvgIpc) is 2.15. The smallest absolute Gasteiger partial charge is 0.174 e. The number of carbonyl (C=O) groups excluding carboxylic acids is 2. The molecule has 0 bridgehead atoms. The molecule has 0 saturated carbocycles. The Hall–Kier alpha value is -0.780. The van der Waals surface area contributed by atoms with Gasteiger partial charge in [0.05, 0.1) is 12.6 Å². The number of aliphatic hydroxyl groups excluding tert-OH is 1. The first-order chi connectivity index (χ1) is 6.57. The first kappa shape index (κ1) is 13.2. The molecule has 0 amide bonds. The van der Waals surface area contributed by atoms with Crippen LogP contribution in [0.2, 0.25) is 0 Å². The Morgan fingerprint density at radius 1 is 1.50 bits per heavy atom. The molecule has 0 radical (unpaired) electrons. The standard InChI is InChI=1S/C9H18N2O3/c1-7(13)5-11-4-2-3-8(10)9(14)6-12/h8,11-12H,2-6,10H2,1H3. The second-order valence-electron chi connectivity index (χ2n) is 3.25. The molecule has 0 saturated heterocycles. The van der Waals surface area contributed by atoms with Crippen LogP contribution in [0.4, 0.5) is 0 Å². The van der Waals surface area contributed by atoms with Crippen LogP contribution in [0.15, 0.2) is 0 Å². The van der Waals surface area contributed by atoms with Gasteiger partial charge in [-0.2, -0.15) is 0 Å². The second-order valence-corrected chi connectivity index (χ2v) is 3.25. The van der Waals surface area contributed by atoms with Crippen molar-refractivity contribution in [2.24, 2.45) is 5.73 Å². The van der Waals surface area contributed by atoms with E-state index < -0.39 is 12.6 Å². The minimum Gasteiger partial charge on any atom is -0.389 e. The molecule has 1 unspecified atom stereocenters. The molecule has 0 heterocycles. The van der Waals surface area contributed by atoms with Crippen molar-refractivity contribution in [3.05, 3.63) is 0 Å². The monoisotopic (exact) mass is 202 g/mol. The third-order valence-electron chi connectivity index (χ3n) is 1.81. The summed E-state index contributed by atoms with van der Waals surface area (Å²) in [7, 11) is 0. The quantitative estimate of drug-likeness (QED) is 0.431. The van der Waals surface area contributed by atoms with Gasteiger partial charge in [0.2, 0.25) is 0 Å². The molecule has 0 aliphatic rings. The zero-order valence-corrected chi connectivity index (χ0v) is 8.45. The highest BCUT2D eigenvalue weighted by Crippen LogP contribution is 1.94. The molecule has 4 N–H and O–H groups in total. The van der Waals surface area contributed by atoms with E-state index in [9.17, 15) is 9.59 Å². The molecule has 0 aromatic rings. The van der Waals surface area contributed by atoms with Gasteiger partial charge in [0.25, 0.3) is 0 Å². The summed E-state index contributed by atoms with van der Waals surface area (Å²) in [4.78, 5) is 21.4. The summed E-state index contributed by atoms with van der Waals surface area (Å²) in [6.45, 7) is 2.02. The number of carbonyl (C=O) groups is 2. The van der Waals surface area contributed by atoms with Gasteiger partial charge < -0.3 is 16.2 Å². The van der Waals surface area contributed by atoms with Gasteiger partial charge in [-0.25, -0.2) is 0 Å². The molecule has 5 heteroatoms. The third kappa shape index (κ3) is 6.71. The molecule has 1 atom stereocenters. The van der Waals surface area contributed by atoms with E-state index in [4.69, 9.17) is 10.8 Å². The number of nitrogens with one attached hydrogen (secondary N) is 1. The SMILES string of the molecule is CC(=O)CNCCCC(N)C(=O)CO. The van der Waals surface area contributed by atoms with E-state index in [0.717, 1.165) is 6.42 Å². The summed E-state index contributed by atoms with van der Waals surface area (Å²) >= 11 is 0. The van der Waals surface area contributed by atoms with Gasteiger partial charge in [0.1, 0.15) is 12.4 Å². The maximum Gasteiger partial charge on any atom is 0.174 e. The Morgan fingerprint density at radius 2 is 2.14 bits per heavy atom. The van der Waals surface area contributed by atoms with Crippen molar-refractivity contribution in [1.29, 1.82) is 0 Å². The molecular weight excluding hydrogens is 184 g/mol. The highest BCUT2D eigenvalue weighted by Gasteiger charge is 2.10. The van der Waals surface area contributed by atoms with Gasteiger partial charge >= 0.3 is 0 Å². The van der Waals surface area contributed by atoms with Crippen molar-refractivity contribution in [2.75, 3.05) is 19.7 Å². The van der Waals surface area contributed by atoms with Crippen molar-refractivity contribution in [3.8, 4) is 0 Å². The lowest BCUT2D eigenvalue weighted by atomic mass is 10.1. The van der Waals surface area contributed by atoms with E-state index >= 15 is 0 Å². The molecule has 82 valence electrons. The van der Waals surface area contributed by atoms with Crippen LogP contribution in [0.5, 0.6) is 0 Å². The first-order valence-corrected chi connectivity index (χ1v) is 4.67. The number of aliphatic hydroxyl groups is 1. The van der Waals surface area contributed by atoms with Crippen molar-refractivity contribution in [3.63, 3.8) is 0 Å². The lowest BCUT2D eigenvalue weighted by Crippen LogP contribution is -2.33. The minimum absolute atomic E-state index is 0.0840. The summed E-state index contributed by atoms with van der Waals surface area (Å²) < 4.78 is 0. The Morgan fingerprint density at radius 3 is 2.64 bits per heavy atom. The van der Waals surface area contributed by atoms with Gasteiger partial charge in [-0.05, 0) is 26.3 Å². The van der Waals surface area contributed by atoms with E-state index in [1.165, 1.54) is 6.92 Å². The Labute approximate surface area is 83.7 Å². The van der Waals surface area contributed by atoms with E-state index in [1.54, 1.807) is 0 Å². The van der Waals surface area contributed by atoms with Crippen molar-refractivity contribution in [2.45, 2.75) is 25.8 Å². The topological polar surface area (TPSA) is 92.4 Å². The van der Waals surface area contributed by atoms with Crippen LogP contribution in [-0.2, 0) is 9.59 Å². The number of ketones is 2. The fourth-order valence-corrected chi connectivity index (χ4v) is 0.990. The van der Waals surface area contributed by atoms with Crippen LogP contribution in [0.3, 0.4) is 0 Å². The molecule has 0 aromatic heterocycles. The molecule has 0 spiro atoms. The van der Waals surface area contributed by atoms with Gasteiger partial charge in [-0.15, -0.1) is 0 Å². The molecule has 0 fully saturated rings. The van der Waals surface area contributed by atoms with E-state index in [2.05, 4.69) is 5.32 Å². The second kappa shape index (κ2) is 7.61. The summed E-state index contributed by atoms with van der Waals surface area (Å²) in [5.74, 6) is -0.252. The van der Waals surface area contributed by atoms with Crippen molar-refractivity contribution < 1.29 is 14.7 Å². The first-order valence-electron chi connectivity index (χ1n) is 4.67. The van der Waals surface area contributed by atoms with Crippen molar-refractivity contribution >= 4 is 11.6 Å².